The van der Waals surface area contributed by atoms with E-state index in [9.17, 15) is 0 Å². The predicted molar refractivity (Wildman–Crippen MR) is 46.7 cm³/mol. The van der Waals surface area contributed by atoms with Crippen LogP contribution in [0.2, 0.25) is 0 Å². The molecule has 1 aromatic rings. The van der Waals surface area contributed by atoms with Gasteiger partial charge in [0.25, 0.3) is 0 Å². The highest BCUT2D eigenvalue weighted by Gasteiger charge is 1.92. The van der Waals surface area contributed by atoms with Crippen molar-refractivity contribution in [2.75, 3.05) is 11.5 Å². The molecule has 0 bridgehead atoms. The molecule has 0 radical (unpaired) electrons. The Hall–Kier alpha value is -1.73. The van der Waals surface area contributed by atoms with Crippen LogP contribution in [0.1, 0.15) is 5.56 Å². The fraction of sp³-hybridized carbons (Fsp3) is 0. The van der Waals surface area contributed by atoms with E-state index in [1.165, 1.54) is 0 Å². The largest absolute Gasteiger partial charge is 0.384 e. The summed E-state index contributed by atoms with van der Waals surface area (Å²) in [5.74, 6) is 0.818. The third-order valence-electron chi connectivity index (χ3n) is 1.16. The zero-order valence-corrected chi connectivity index (χ0v) is 6.04. The number of rotatable bonds is 1. The molecule has 0 saturated carbocycles. The van der Waals surface area contributed by atoms with Crippen molar-refractivity contribution in [3.05, 3.63) is 30.0 Å². The number of pyridine rings is 1. The van der Waals surface area contributed by atoms with E-state index in [2.05, 4.69) is 17.3 Å². The summed E-state index contributed by atoms with van der Waals surface area (Å²) in [5, 5.41) is 0. The van der Waals surface area contributed by atoms with Crippen LogP contribution in [0.25, 0.3) is 6.08 Å². The second-order valence-electron chi connectivity index (χ2n) is 2.10. The van der Waals surface area contributed by atoms with Gasteiger partial charge in [0.2, 0.25) is 0 Å². The van der Waals surface area contributed by atoms with E-state index in [1.54, 1.807) is 18.2 Å². The van der Waals surface area contributed by atoms with E-state index in [0.717, 1.165) is 5.56 Å². The van der Waals surface area contributed by atoms with E-state index in [4.69, 9.17) is 11.5 Å². The first-order valence-electron chi connectivity index (χ1n) is 3.11. The molecule has 0 atom stereocenters. The van der Waals surface area contributed by atoms with Gasteiger partial charge in [0.05, 0.1) is 0 Å². The smallest absolute Gasteiger partial charge is 0.126 e. The average Bonchev–Trinajstić information content (AvgIpc) is 1.85. The maximum atomic E-state index is 5.43. The van der Waals surface area contributed by atoms with E-state index in [-0.39, 0.29) is 0 Å². The monoisotopic (exact) mass is 147 g/mol. The normalized spacial score (nSPS) is 8.73. The Morgan fingerprint density at radius 3 is 2.36 bits per heavy atom. The quantitative estimate of drug-likeness (QED) is 0.583. The average molecular weight is 147 g/mol. The Morgan fingerprint density at radius 2 is 1.91 bits per heavy atom. The van der Waals surface area contributed by atoms with Gasteiger partial charge >= 0.3 is 0 Å². The van der Waals surface area contributed by atoms with Crippen molar-refractivity contribution in [3.63, 3.8) is 0 Å². The molecule has 3 heteroatoms. The number of nitrogens with two attached hydrogens (primary N) is 2. The predicted octanol–water partition coefficient (Wildman–Crippen LogP) is 1.04. The van der Waals surface area contributed by atoms with Crippen LogP contribution in [-0.4, -0.2) is 4.98 Å². The van der Waals surface area contributed by atoms with Gasteiger partial charge < -0.3 is 11.5 Å². The first-order valence-corrected chi connectivity index (χ1v) is 3.11. The van der Waals surface area contributed by atoms with E-state index >= 15 is 0 Å². The van der Waals surface area contributed by atoms with Gasteiger partial charge in [0, 0.05) is 0 Å². The Morgan fingerprint density at radius 1 is 1.36 bits per heavy atom. The van der Waals surface area contributed by atoms with Gasteiger partial charge in [-0.1, -0.05) is 6.58 Å². The first-order chi connectivity index (χ1) is 5.22. The lowest BCUT2D eigenvalue weighted by Gasteiger charge is -1.96. The van der Waals surface area contributed by atoms with Crippen LogP contribution in [0.3, 0.4) is 0 Å². The molecule has 0 spiro atoms. The summed E-state index contributed by atoms with van der Waals surface area (Å²) in [7, 11) is 0. The summed E-state index contributed by atoms with van der Waals surface area (Å²) in [4.78, 5) is 3.80. The summed E-state index contributed by atoms with van der Waals surface area (Å²) in [6.07, 6.45) is 1.69. The fourth-order valence-electron chi connectivity index (χ4n) is 0.798. The van der Waals surface area contributed by atoms with Gasteiger partial charge in [0.1, 0.15) is 11.6 Å². The molecule has 0 unspecified atom stereocenters. The van der Waals surface area contributed by atoms with Crippen molar-refractivity contribution < 1.29 is 0 Å². The van der Waals surface area contributed by atoms with Gasteiger partial charge in [0.15, 0.2) is 0 Å². The number of nitrogen functional groups attached to an aromatic ring is 2. The fourth-order valence-corrected chi connectivity index (χ4v) is 0.798. The van der Waals surface area contributed by atoms with Crippen molar-refractivity contribution in [2.24, 2.45) is 0 Å². The van der Waals surface area contributed by atoms with Crippen LogP contribution >= 0.6 is 0 Å². The lowest BCUT2D eigenvalue weighted by Crippen LogP contribution is -1.95. The molecular formula is C8H9N3. The summed E-state index contributed by atoms with van der Waals surface area (Å²) >= 11 is 0. The molecular weight excluding hydrogens is 138 g/mol. The number of anilines is 2. The van der Waals surface area contributed by atoms with Gasteiger partial charge in [-0.15, -0.1) is 5.73 Å². The summed E-state index contributed by atoms with van der Waals surface area (Å²) < 4.78 is 0. The molecule has 0 aliphatic heterocycles. The summed E-state index contributed by atoms with van der Waals surface area (Å²) in [6, 6.07) is 3.41. The van der Waals surface area contributed by atoms with Gasteiger partial charge in [-0.3, -0.25) is 0 Å². The highest BCUT2D eigenvalue weighted by Crippen LogP contribution is 2.09. The number of aromatic nitrogens is 1. The maximum Gasteiger partial charge on any atom is 0.126 e. The molecule has 1 rings (SSSR count). The van der Waals surface area contributed by atoms with E-state index < -0.39 is 0 Å². The van der Waals surface area contributed by atoms with Crippen molar-refractivity contribution in [3.8, 4) is 0 Å². The third-order valence-corrected chi connectivity index (χ3v) is 1.16. The Balaban J connectivity index is 3.18. The SMILES string of the molecule is C=C=Cc1cc(N)nc(N)c1. The molecule has 56 valence electrons. The van der Waals surface area contributed by atoms with Crippen LogP contribution in [0.4, 0.5) is 11.6 Å². The molecule has 11 heavy (non-hydrogen) atoms. The molecule has 0 fully saturated rings. The maximum absolute atomic E-state index is 5.43. The zero-order valence-electron chi connectivity index (χ0n) is 6.04. The summed E-state index contributed by atoms with van der Waals surface area (Å²) in [5.41, 5.74) is 14.4. The zero-order chi connectivity index (χ0) is 8.27. The second kappa shape index (κ2) is 2.90. The lowest BCUT2D eigenvalue weighted by atomic mass is 10.2. The van der Waals surface area contributed by atoms with Gasteiger partial charge in [-0.25, -0.2) is 4.98 Å². The minimum absolute atomic E-state index is 0.409. The van der Waals surface area contributed by atoms with Crippen LogP contribution < -0.4 is 11.5 Å². The van der Waals surface area contributed by atoms with Crippen molar-refractivity contribution in [1.82, 2.24) is 4.98 Å². The highest BCUT2D eigenvalue weighted by atomic mass is 14.9. The standard InChI is InChI=1S/C8H9N3/c1-2-3-6-4-7(9)11-8(10)5-6/h3-5H,1H2,(H4,9,10,11). The molecule has 0 aliphatic rings. The van der Waals surface area contributed by atoms with Crippen LogP contribution in [0, 0.1) is 0 Å². The van der Waals surface area contributed by atoms with Crippen molar-refractivity contribution in [1.29, 1.82) is 0 Å². The molecule has 0 aromatic carbocycles. The van der Waals surface area contributed by atoms with Crippen LogP contribution in [-0.2, 0) is 0 Å². The lowest BCUT2D eigenvalue weighted by molar-refractivity contribution is 1.34. The van der Waals surface area contributed by atoms with Crippen LogP contribution in [0.5, 0.6) is 0 Å². The molecule has 1 aromatic heterocycles. The first kappa shape index (κ1) is 7.38. The third kappa shape index (κ3) is 1.85. The number of hydrogen-bond acceptors (Lipinski definition) is 3. The highest BCUT2D eigenvalue weighted by molar-refractivity contribution is 5.57. The number of hydrogen-bond donors (Lipinski definition) is 2. The van der Waals surface area contributed by atoms with Crippen molar-refractivity contribution >= 4 is 17.7 Å². The molecule has 0 amide bonds. The van der Waals surface area contributed by atoms with E-state index in [0.29, 0.717) is 11.6 Å². The Labute approximate surface area is 65.0 Å². The van der Waals surface area contributed by atoms with Gasteiger partial charge in [-0.05, 0) is 23.8 Å². The minimum Gasteiger partial charge on any atom is -0.384 e. The van der Waals surface area contributed by atoms with E-state index in [1.807, 2.05) is 0 Å². The Bertz CT molecular complexity index is 291. The summed E-state index contributed by atoms with van der Waals surface area (Å²) in [6.45, 7) is 3.43. The minimum atomic E-state index is 0.409. The second-order valence-corrected chi connectivity index (χ2v) is 2.10. The van der Waals surface area contributed by atoms with Crippen LogP contribution in [0.15, 0.2) is 24.4 Å². The number of nitrogens with zero attached hydrogens (tertiary/aromatic N) is 1. The molecule has 4 N–H and O–H groups in total. The van der Waals surface area contributed by atoms with Crippen molar-refractivity contribution in [2.45, 2.75) is 0 Å². The molecule has 1 heterocycles. The molecule has 0 saturated heterocycles. The molecule has 0 aliphatic carbocycles. The topological polar surface area (TPSA) is 64.9 Å². The van der Waals surface area contributed by atoms with Gasteiger partial charge in [-0.2, -0.15) is 0 Å². The Kier molecular flexibility index (Phi) is 1.95. The molecule has 3 nitrogen and oxygen atoms in total.